The van der Waals surface area contributed by atoms with Crippen LogP contribution in [0.4, 0.5) is 5.82 Å². The van der Waals surface area contributed by atoms with E-state index >= 15 is 0 Å². The van der Waals surface area contributed by atoms with Crippen molar-refractivity contribution in [3.05, 3.63) is 50.8 Å². The number of thiophene rings is 1. The van der Waals surface area contributed by atoms with Crippen LogP contribution in [0.3, 0.4) is 0 Å². The van der Waals surface area contributed by atoms with E-state index in [1.54, 1.807) is 23.1 Å². The Morgan fingerprint density at radius 2 is 2.03 bits per heavy atom. The molecular weight excluding hydrogens is 404 g/mol. The van der Waals surface area contributed by atoms with Crippen LogP contribution in [-0.2, 0) is 4.79 Å². The fourth-order valence-electron chi connectivity index (χ4n) is 4.06. The standard InChI is InChI=1S/C21H20N4O2S2/c1-10-7-14(12(3)28-10)15-9-18(26)23-20-19(15)11(2)24-25(20)21-22-16-6-5-13(27-4)8-17(16)29-21/h5-8,15H,9H2,1-4H3,(H,23,26). The van der Waals surface area contributed by atoms with Crippen LogP contribution in [0.5, 0.6) is 5.75 Å². The zero-order valence-electron chi connectivity index (χ0n) is 16.6. The maximum Gasteiger partial charge on any atom is 0.226 e. The third-order valence-electron chi connectivity index (χ3n) is 5.32. The zero-order valence-corrected chi connectivity index (χ0v) is 18.2. The lowest BCUT2D eigenvalue weighted by Gasteiger charge is -2.24. The number of fused-ring (bicyclic) bond motifs is 2. The Morgan fingerprint density at radius 3 is 2.76 bits per heavy atom. The van der Waals surface area contributed by atoms with Gasteiger partial charge in [-0.15, -0.1) is 11.3 Å². The van der Waals surface area contributed by atoms with Gasteiger partial charge in [-0.2, -0.15) is 9.78 Å². The van der Waals surface area contributed by atoms with E-state index in [2.05, 4.69) is 25.2 Å². The lowest BCUT2D eigenvalue weighted by atomic mass is 9.86. The number of amides is 1. The summed E-state index contributed by atoms with van der Waals surface area (Å²) in [4.78, 5) is 19.8. The summed E-state index contributed by atoms with van der Waals surface area (Å²) < 4.78 is 8.12. The number of aromatic nitrogens is 3. The van der Waals surface area contributed by atoms with Gasteiger partial charge in [0.2, 0.25) is 11.0 Å². The SMILES string of the molecule is COc1ccc2nc(-n3nc(C)c4c3NC(=O)CC4c3cc(C)sc3C)sc2c1. The van der Waals surface area contributed by atoms with Crippen LogP contribution in [-0.4, -0.2) is 27.8 Å². The van der Waals surface area contributed by atoms with E-state index in [1.165, 1.54) is 26.7 Å². The third-order valence-corrected chi connectivity index (χ3v) is 7.30. The second-order valence-corrected chi connectivity index (χ2v) is 9.73. The highest BCUT2D eigenvalue weighted by Gasteiger charge is 2.34. The number of anilines is 1. The second-order valence-electron chi connectivity index (χ2n) is 7.26. The minimum Gasteiger partial charge on any atom is -0.497 e. The van der Waals surface area contributed by atoms with Gasteiger partial charge < -0.3 is 10.1 Å². The smallest absolute Gasteiger partial charge is 0.226 e. The average molecular weight is 425 g/mol. The molecule has 0 saturated carbocycles. The molecule has 0 saturated heterocycles. The van der Waals surface area contributed by atoms with E-state index < -0.39 is 0 Å². The van der Waals surface area contributed by atoms with Crippen LogP contribution in [0.1, 0.15) is 38.9 Å². The first-order valence-corrected chi connectivity index (χ1v) is 11.0. The van der Waals surface area contributed by atoms with Gasteiger partial charge in [-0.1, -0.05) is 11.3 Å². The van der Waals surface area contributed by atoms with Gasteiger partial charge in [0.1, 0.15) is 11.6 Å². The number of carbonyl (C=O) groups is 1. The zero-order chi connectivity index (χ0) is 20.3. The van der Waals surface area contributed by atoms with E-state index in [0.29, 0.717) is 6.42 Å². The molecule has 0 spiro atoms. The molecule has 148 valence electrons. The molecule has 0 fully saturated rings. The molecule has 1 aliphatic heterocycles. The van der Waals surface area contributed by atoms with Gasteiger partial charge in [0.05, 0.1) is 23.0 Å². The van der Waals surface area contributed by atoms with Crippen molar-refractivity contribution in [2.24, 2.45) is 0 Å². The molecule has 5 rings (SSSR count). The molecule has 0 bridgehead atoms. The molecule has 0 radical (unpaired) electrons. The molecule has 1 amide bonds. The summed E-state index contributed by atoms with van der Waals surface area (Å²) in [6, 6.07) is 8.01. The summed E-state index contributed by atoms with van der Waals surface area (Å²) in [5, 5.41) is 8.55. The lowest BCUT2D eigenvalue weighted by molar-refractivity contribution is -0.116. The summed E-state index contributed by atoms with van der Waals surface area (Å²) in [7, 11) is 1.65. The van der Waals surface area contributed by atoms with Crippen LogP contribution < -0.4 is 10.1 Å². The quantitative estimate of drug-likeness (QED) is 0.505. The summed E-state index contributed by atoms with van der Waals surface area (Å²) in [6.45, 7) is 6.24. The molecule has 1 atom stereocenters. The predicted octanol–water partition coefficient (Wildman–Crippen LogP) is 4.95. The number of ether oxygens (including phenoxy) is 1. The monoisotopic (exact) mass is 424 g/mol. The van der Waals surface area contributed by atoms with E-state index in [9.17, 15) is 4.79 Å². The minimum absolute atomic E-state index is 0.00897. The van der Waals surface area contributed by atoms with Gasteiger partial charge in [-0.25, -0.2) is 4.98 Å². The molecule has 3 aromatic heterocycles. The Morgan fingerprint density at radius 1 is 1.21 bits per heavy atom. The highest BCUT2D eigenvalue weighted by molar-refractivity contribution is 7.20. The van der Waals surface area contributed by atoms with Crippen molar-refractivity contribution in [3.8, 4) is 10.9 Å². The number of carbonyl (C=O) groups excluding carboxylic acids is 1. The van der Waals surface area contributed by atoms with E-state index in [4.69, 9.17) is 14.8 Å². The number of aryl methyl sites for hydroxylation is 3. The first kappa shape index (κ1) is 18.3. The molecular formula is C21H20N4O2S2. The van der Waals surface area contributed by atoms with Crippen LogP contribution in [0, 0.1) is 20.8 Å². The molecule has 29 heavy (non-hydrogen) atoms. The molecule has 1 aromatic carbocycles. The second kappa shape index (κ2) is 6.67. The van der Waals surface area contributed by atoms with Gasteiger partial charge in [-0.05, 0) is 50.6 Å². The van der Waals surface area contributed by atoms with Gasteiger partial charge >= 0.3 is 0 Å². The minimum atomic E-state index is 0.00897. The topological polar surface area (TPSA) is 69.0 Å². The molecule has 1 N–H and O–H groups in total. The molecule has 1 unspecified atom stereocenters. The van der Waals surface area contributed by atoms with Crippen molar-refractivity contribution in [1.82, 2.24) is 14.8 Å². The molecule has 1 aliphatic rings. The maximum atomic E-state index is 12.6. The predicted molar refractivity (Wildman–Crippen MR) is 117 cm³/mol. The Bertz CT molecular complexity index is 1270. The van der Waals surface area contributed by atoms with E-state index in [-0.39, 0.29) is 11.8 Å². The lowest BCUT2D eigenvalue weighted by Crippen LogP contribution is -2.25. The fourth-order valence-corrected chi connectivity index (χ4v) is 6.00. The third kappa shape index (κ3) is 2.94. The molecule has 4 heterocycles. The van der Waals surface area contributed by atoms with Crippen molar-refractivity contribution in [2.75, 3.05) is 12.4 Å². The number of nitrogens with one attached hydrogen (secondary N) is 1. The number of nitrogens with zero attached hydrogens (tertiary/aromatic N) is 3. The van der Waals surface area contributed by atoms with Crippen molar-refractivity contribution in [1.29, 1.82) is 0 Å². The highest BCUT2D eigenvalue weighted by Crippen LogP contribution is 2.43. The fraction of sp³-hybridized carbons (Fsp3) is 0.286. The molecule has 8 heteroatoms. The number of benzene rings is 1. The van der Waals surface area contributed by atoms with Crippen molar-refractivity contribution >= 4 is 44.6 Å². The van der Waals surface area contributed by atoms with Crippen LogP contribution >= 0.6 is 22.7 Å². The van der Waals surface area contributed by atoms with Crippen molar-refractivity contribution in [3.63, 3.8) is 0 Å². The number of thiazole rings is 1. The number of hydrogen-bond donors (Lipinski definition) is 1. The van der Waals surface area contributed by atoms with Crippen LogP contribution in [0.2, 0.25) is 0 Å². The van der Waals surface area contributed by atoms with E-state index in [1.807, 2.05) is 25.1 Å². The Hall–Kier alpha value is -2.71. The first-order chi connectivity index (χ1) is 13.9. The van der Waals surface area contributed by atoms with Gasteiger partial charge in [0.15, 0.2) is 0 Å². The first-order valence-electron chi connectivity index (χ1n) is 9.36. The highest BCUT2D eigenvalue weighted by atomic mass is 32.1. The van der Waals surface area contributed by atoms with Gasteiger partial charge in [0, 0.05) is 27.7 Å². The van der Waals surface area contributed by atoms with Crippen molar-refractivity contribution < 1.29 is 9.53 Å². The van der Waals surface area contributed by atoms with Gasteiger partial charge in [-0.3, -0.25) is 4.79 Å². The number of hydrogen-bond acceptors (Lipinski definition) is 6. The Balaban J connectivity index is 1.67. The Labute approximate surface area is 176 Å². The molecule has 0 aliphatic carbocycles. The average Bonchev–Trinajstić information content (AvgIpc) is 3.35. The largest absolute Gasteiger partial charge is 0.497 e. The van der Waals surface area contributed by atoms with E-state index in [0.717, 1.165) is 38.2 Å². The maximum absolute atomic E-state index is 12.6. The Kier molecular flexibility index (Phi) is 4.22. The normalized spacial score (nSPS) is 16.1. The van der Waals surface area contributed by atoms with Crippen LogP contribution in [0.25, 0.3) is 15.3 Å². The summed E-state index contributed by atoms with van der Waals surface area (Å²) in [5.74, 6) is 1.56. The number of rotatable bonds is 3. The number of methoxy groups -OCH3 is 1. The molecule has 4 aromatic rings. The summed E-state index contributed by atoms with van der Waals surface area (Å²) in [6.07, 6.45) is 0.438. The van der Waals surface area contributed by atoms with Crippen molar-refractivity contribution in [2.45, 2.75) is 33.1 Å². The van der Waals surface area contributed by atoms with Gasteiger partial charge in [0.25, 0.3) is 0 Å². The van der Waals surface area contributed by atoms with Crippen LogP contribution in [0.15, 0.2) is 24.3 Å². The summed E-state index contributed by atoms with van der Waals surface area (Å²) in [5.41, 5.74) is 4.11. The summed E-state index contributed by atoms with van der Waals surface area (Å²) >= 11 is 3.30. The molecule has 6 nitrogen and oxygen atoms in total.